The van der Waals surface area contributed by atoms with Crippen LogP contribution >= 0.6 is 11.6 Å². The first-order valence-corrected chi connectivity index (χ1v) is 11.9. The fourth-order valence-electron chi connectivity index (χ4n) is 3.85. The number of nitrogens with two attached hydrogens (primary N) is 1. The van der Waals surface area contributed by atoms with Crippen LogP contribution in [0.5, 0.6) is 0 Å². The van der Waals surface area contributed by atoms with Gasteiger partial charge in [-0.3, -0.25) is 9.59 Å². The number of nitrogens with one attached hydrogen (secondary N) is 1. The highest BCUT2D eigenvalue weighted by atomic mass is 35.5. The number of hydrogen-bond acceptors (Lipinski definition) is 8. The van der Waals surface area contributed by atoms with E-state index in [-0.39, 0.29) is 24.1 Å². The van der Waals surface area contributed by atoms with E-state index in [1.165, 1.54) is 6.08 Å². The van der Waals surface area contributed by atoms with Gasteiger partial charge in [0.2, 0.25) is 5.91 Å². The van der Waals surface area contributed by atoms with Crippen molar-refractivity contribution in [2.75, 3.05) is 32.0 Å². The Kier molecular flexibility index (Phi) is 7.11. The standard InChI is InChI=1S/C26H23ClN6O4/c27-20-13-17(21-3-4-22(32-31-21)26(35)33-7-9-36-10-8-33)11-18-12-19(37-25(18)20)15-30-24(34)6-2-16-1-5-23(28)29-14-16/h1-6,11-14H,7-10,15H2,(H2,28,29)(H,30,34)/b6-2+. The van der Waals surface area contributed by atoms with Gasteiger partial charge in [-0.05, 0) is 54.1 Å². The third-order valence-corrected chi connectivity index (χ3v) is 6.05. The molecule has 1 fully saturated rings. The number of hydrogen-bond donors (Lipinski definition) is 2. The Labute approximate surface area is 217 Å². The van der Waals surface area contributed by atoms with Gasteiger partial charge >= 0.3 is 0 Å². The van der Waals surface area contributed by atoms with Crippen LogP contribution in [0.2, 0.25) is 5.02 Å². The van der Waals surface area contributed by atoms with E-state index in [1.54, 1.807) is 47.5 Å². The molecule has 1 aliphatic rings. The topological polar surface area (TPSA) is 136 Å². The monoisotopic (exact) mass is 518 g/mol. The number of rotatable bonds is 6. The van der Waals surface area contributed by atoms with Gasteiger partial charge in [-0.15, -0.1) is 10.2 Å². The van der Waals surface area contributed by atoms with Crippen LogP contribution in [0.25, 0.3) is 28.3 Å². The number of halogens is 1. The number of carbonyl (C=O) groups is 2. The summed E-state index contributed by atoms with van der Waals surface area (Å²) in [5, 5.41) is 12.3. The lowest BCUT2D eigenvalue weighted by Crippen LogP contribution is -2.41. The number of aromatic nitrogens is 3. The van der Waals surface area contributed by atoms with E-state index in [2.05, 4.69) is 20.5 Å². The molecule has 1 aliphatic heterocycles. The number of amides is 2. The molecule has 0 radical (unpaired) electrons. The van der Waals surface area contributed by atoms with E-state index in [1.807, 2.05) is 12.1 Å². The predicted molar refractivity (Wildman–Crippen MR) is 139 cm³/mol. The van der Waals surface area contributed by atoms with Crippen molar-refractivity contribution in [1.82, 2.24) is 25.4 Å². The number of benzene rings is 1. The van der Waals surface area contributed by atoms with E-state index in [0.717, 1.165) is 16.5 Å². The highest BCUT2D eigenvalue weighted by Crippen LogP contribution is 2.32. The number of carbonyl (C=O) groups excluding carboxylic acids is 2. The molecular weight excluding hydrogens is 496 g/mol. The Balaban J connectivity index is 1.26. The average molecular weight is 519 g/mol. The molecule has 11 heteroatoms. The Morgan fingerprint density at radius 3 is 2.68 bits per heavy atom. The number of anilines is 1. The summed E-state index contributed by atoms with van der Waals surface area (Å²) in [6, 6.07) is 12.2. The lowest BCUT2D eigenvalue weighted by atomic mass is 10.1. The van der Waals surface area contributed by atoms with Gasteiger partial charge in [0.1, 0.15) is 11.6 Å². The summed E-state index contributed by atoms with van der Waals surface area (Å²) >= 11 is 6.47. The summed E-state index contributed by atoms with van der Waals surface area (Å²) in [6.45, 7) is 2.29. The van der Waals surface area contributed by atoms with E-state index in [0.29, 0.717) is 54.2 Å². The summed E-state index contributed by atoms with van der Waals surface area (Å²) in [5.41, 5.74) is 8.40. The second-order valence-corrected chi connectivity index (χ2v) is 8.77. The Morgan fingerprint density at radius 2 is 1.95 bits per heavy atom. The summed E-state index contributed by atoms with van der Waals surface area (Å²) in [4.78, 5) is 30.5. The van der Waals surface area contributed by atoms with Gasteiger partial charge in [-0.2, -0.15) is 0 Å². The molecule has 1 saturated heterocycles. The van der Waals surface area contributed by atoms with E-state index < -0.39 is 0 Å². The SMILES string of the molecule is Nc1ccc(/C=C/C(=O)NCc2cc3cc(-c4ccc(C(=O)N5CCOCC5)nn4)cc(Cl)c3o2)cn1. The van der Waals surface area contributed by atoms with Crippen molar-refractivity contribution in [1.29, 1.82) is 0 Å². The first-order valence-electron chi connectivity index (χ1n) is 11.6. The molecular formula is C26H23ClN6O4. The van der Waals surface area contributed by atoms with Crippen LogP contribution in [0.3, 0.4) is 0 Å². The molecule has 3 aromatic heterocycles. The maximum Gasteiger partial charge on any atom is 0.274 e. The van der Waals surface area contributed by atoms with Crippen LogP contribution in [0, 0.1) is 0 Å². The minimum atomic E-state index is -0.286. The number of pyridine rings is 1. The van der Waals surface area contributed by atoms with Gasteiger partial charge in [-0.1, -0.05) is 11.6 Å². The van der Waals surface area contributed by atoms with Crippen LogP contribution in [-0.4, -0.2) is 58.2 Å². The lowest BCUT2D eigenvalue weighted by molar-refractivity contribution is -0.116. The molecule has 37 heavy (non-hydrogen) atoms. The fourth-order valence-corrected chi connectivity index (χ4v) is 4.11. The van der Waals surface area contributed by atoms with Crippen molar-refractivity contribution in [3.05, 3.63) is 76.8 Å². The number of ether oxygens (including phenoxy) is 1. The quantitative estimate of drug-likeness (QED) is 0.371. The molecule has 5 rings (SSSR count). The zero-order valence-electron chi connectivity index (χ0n) is 19.7. The second kappa shape index (κ2) is 10.8. The Bertz CT molecular complexity index is 1460. The predicted octanol–water partition coefficient (Wildman–Crippen LogP) is 3.32. The van der Waals surface area contributed by atoms with Crippen LogP contribution in [-0.2, 0) is 16.1 Å². The minimum absolute atomic E-state index is 0.169. The average Bonchev–Trinajstić information content (AvgIpc) is 3.35. The number of nitrogen functional groups attached to an aromatic ring is 1. The summed E-state index contributed by atoms with van der Waals surface area (Å²) < 4.78 is 11.1. The van der Waals surface area contributed by atoms with Crippen LogP contribution < -0.4 is 11.1 Å². The number of morpholine rings is 1. The second-order valence-electron chi connectivity index (χ2n) is 8.37. The van der Waals surface area contributed by atoms with Crippen molar-refractivity contribution < 1.29 is 18.7 Å². The van der Waals surface area contributed by atoms with Gasteiger partial charge in [0.15, 0.2) is 11.3 Å². The van der Waals surface area contributed by atoms with Crippen LogP contribution in [0.1, 0.15) is 21.8 Å². The van der Waals surface area contributed by atoms with Crippen LogP contribution in [0.15, 0.2) is 59.2 Å². The molecule has 4 aromatic rings. The van der Waals surface area contributed by atoms with Crippen molar-refractivity contribution in [2.24, 2.45) is 0 Å². The van der Waals surface area contributed by atoms with Gasteiger partial charge in [0.25, 0.3) is 5.91 Å². The number of furan rings is 1. The first-order chi connectivity index (χ1) is 18.0. The number of nitrogens with zero attached hydrogens (tertiary/aromatic N) is 4. The highest BCUT2D eigenvalue weighted by molar-refractivity contribution is 6.35. The Hall–Kier alpha value is -4.28. The third-order valence-electron chi connectivity index (χ3n) is 5.77. The highest BCUT2D eigenvalue weighted by Gasteiger charge is 2.20. The zero-order valence-corrected chi connectivity index (χ0v) is 20.4. The summed E-state index contributed by atoms with van der Waals surface area (Å²) in [6.07, 6.45) is 4.63. The molecule has 2 amide bonds. The van der Waals surface area contributed by atoms with Gasteiger partial charge in [-0.25, -0.2) is 4.98 Å². The van der Waals surface area contributed by atoms with Crippen LogP contribution in [0.4, 0.5) is 5.82 Å². The van der Waals surface area contributed by atoms with Crippen molar-refractivity contribution in [3.63, 3.8) is 0 Å². The molecule has 0 aliphatic carbocycles. The van der Waals surface area contributed by atoms with Crippen molar-refractivity contribution in [3.8, 4) is 11.3 Å². The molecule has 1 aromatic carbocycles. The van der Waals surface area contributed by atoms with E-state index in [4.69, 9.17) is 26.5 Å². The normalized spacial score (nSPS) is 13.8. The molecule has 0 spiro atoms. The smallest absolute Gasteiger partial charge is 0.274 e. The van der Waals surface area contributed by atoms with E-state index in [9.17, 15) is 9.59 Å². The molecule has 0 unspecified atom stereocenters. The van der Waals surface area contributed by atoms with E-state index >= 15 is 0 Å². The summed E-state index contributed by atoms with van der Waals surface area (Å²) in [5.74, 6) is 0.502. The zero-order chi connectivity index (χ0) is 25.8. The molecule has 0 atom stereocenters. The third kappa shape index (κ3) is 5.76. The molecule has 188 valence electrons. The maximum atomic E-state index is 12.6. The molecule has 3 N–H and O–H groups in total. The van der Waals surface area contributed by atoms with Gasteiger partial charge in [0, 0.05) is 36.3 Å². The number of fused-ring (bicyclic) bond motifs is 1. The maximum absolute atomic E-state index is 12.6. The van der Waals surface area contributed by atoms with Gasteiger partial charge in [0.05, 0.1) is 30.5 Å². The minimum Gasteiger partial charge on any atom is -0.458 e. The first kappa shape index (κ1) is 24.4. The molecule has 0 saturated carbocycles. The largest absolute Gasteiger partial charge is 0.458 e. The van der Waals surface area contributed by atoms with Gasteiger partial charge < -0.3 is 25.1 Å². The molecule has 10 nitrogen and oxygen atoms in total. The summed E-state index contributed by atoms with van der Waals surface area (Å²) in [7, 11) is 0. The van der Waals surface area contributed by atoms with Crippen molar-refractivity contribution in [2.45, 2.75) is 6.54 Å². The van der Waals surface area contributed by atoms with Crippen molar-refractivity contribution >= 4 is 46.3 Å². The fraction of sp³-hybridized carbons (Fsp3) is 0.192. The molecule has 4 heterocycles. The molecule has 0 bridgehead atoms. The Morgan fingerprint density at radius 1 is 1.11 bits per heavy atom. The lowest BCUT2D eigenvalue weighted by Gasteiger charge is -2.26.